The maximum Gasteiger partial charge on any atom is 0.311 e. The second-order valence-electron chi connectivity index (χ2n) is 5.95. The molecule has 1 unspecified atom stereocenters. The van der Waals surface area contributed by atoms with Crippen molar-refractivity contribution in [1.82, 2.24) is 5.32 Å². The number of hydrogen-bond acceptors (Lipinski definition) is 3. The molecule has 0 spiro atoms. The Labute approximate surface area is 138 Å². The fourth-order valence-corrected chi connectivity index (χ4v) is 2.55. The monoisotopic (exact) mass is 321 g/mol. The number of amides is 1. The summed E-state index contributed by atoms with van der Waals surface area (Å²) in [7, 11) is 1.61. The largest absolute Gasteiger partial charge is 0.497 e. The number of carbonyl (C=O) groups is 2. The van der Waals surface area contributed by atoms with E-state index in [1.165, 1.54) is 0 Å². The summed E-state index contributed by atoms with van der Waals surface area (Å²) in [6.07, 6.45) is 1.32. The number of ether oxygens (including phenoxy) is 1. The summed E-state index contributed by atoms with van der Waals surface area (Å²) in [6, 6.07) is 7.62. The molecular formula is C18H27NO4. The normalized spacial score (nSPS) is 12.5. The van der Waals surface area contributed by atoms with Crippen LogP contribution in [0.25, 0.3) is 0 Å². The van der Waals surface area contributed by atoms with Gasteiger partial charge in [0.05, 0.1) is 12.5 Å². The van der Waals surface area contributed by atoms with E-state index in [1.54, 1.807) is 7.11 Å². The molecule has 0 fully saturated rings. The predicted octanol–water partition coefficient (Wildman–Crippen LogP) is 3.20. The molecule has 1 atom stereocenters. The Balaban J connectivity index is 2.59. The number of methoxy groups -OCH3 is 1. The molecule has 0 aliphatic heterocycles. The third-order valence-corrected chi connectivity index (χ3v) is 4.61. The molecule has 0 bridgehead atoms. The molecule has 0 saturated heterocycles. The van der Waals surface area contributed by atoms with Crippen LogP contribution >= 0.6 is 0 Å². The zero-order valence-electron chi connectivity index (χ0n) is 14.4. The molecule has 0 aliphatic rings. The minimum atomic E-state index is -0.876. The molecule has 1 amide bonds. The fraction of sp³-hybridized carbons (Fsp3) is 0.556. The highest BCUT2D eigenvalue weighted by Crippen LogP contribution is 2.26. The van der Waals surface area contributed by atoms with Crippen LogP contribution in [-0.4, -0.2) is 30.6 Å². The van der Waals surface area contributed by atoms with Gasteiger partial charge in [0.25, 0.3) is 0 Å². The molecule has 0 radical (unpaired) electrons. The minimum absolute atomic E-state index is 0.0587. The smallest absolute Gasteiger partial charge is 0.311 e. The van der Waals surface area contributed by atoms with Crippen LogP contribution in [-0.2, 0) is 9.59 Å². The van der Waals surface area contributed by atoms with Gasteiger partial charge in [-0.1, -0.05) is 32.9 Å². The molecule has 0 saturated carbocycles. The maximum absolute atomic E-state index is 12.1. The van der Waals surface area contributed by atoms with E-state index < -0.39 is 11.4 Å². The summed E-state index contributed by atoms with van der Waals surface area (Å²) in [5.41, 5.74) is 0.176. The number of carboxylic acids is 1. The maximum atomic E-state index is 12.1. The first kappa shape index (κ1) is 19.0. The summed E-state index contributed by atoms with van der Waals surface area (Å²) < 4.78 is 5.12. The molecule has 0 heterocycles. The van der Waals surface area contributed by atoms with Crippen molar-refractivity contribution < 1.29 is 19.4 Å². The predicted molar refractivity (Wildman–Crippen MR) is 89.7 cm³/mol. The fourth-order valence-electron chi connectivity index (χ4n) is 2.55. The second kappa shape index (κ2) is 8.56. The second-order valence-corrected chi connectivity index (χ2v) is 5.95. The van der Waals surface area contributed by atoms with Gasteiger partial charge in [0.1, 0.15) is 5.75 Å². The van der Waals surface area contributed by atoms with E-state index >= 15 is 0 Å². The van der Waals surface area contributed by atoms with E-state index in [9.17, 15) is 14.7 Å². The molecule has 1 rings (SSSR count). The van der Waals surface area contributed by atoms with Crippen LogP contribution in [0.5, 0.6) is 5.75 Å². The highest BCUT2D eigenvalue weighted by Gasteiger charge is 2.35. The quantitative estimate of drug-likeness (QED) is 0.732. The van der Waals surface area contributed by atoms with E-state index in [-0.39, 0.29) is 18.4 Å². The Morgan fingerprint density at radius 2 is 1.78 bits per heavy atom. The standard InChI is InChI=1S/C18H27NO4/c1-5-18(6-2,17(21)22)12-19-16(20)11-13(3)14-7-9-15(23-4)10-8-14/h7-10,13H,5-6,11-12H2,1-4H3,(H,19,20)(H,21,22). The lowest BCUT2D eigenvalue weighted by atomic mass is 9.82. The SMILES string of the molecule is CCC(CC)(CNC(=O)CC(C)c1ccc(OC)cc1)C(=O)O. The summed E-state index contributed by atoms with van der Waals surface area (Å²) in [5.74, 6) is -0.141. The first-order valence-corrected chi connectivity index (χ1v) is 8.02. The topological polar surface area (TPSA) is 75.6 Å². The Bertz CT molecular complexity index is 520. The molecule has 23 heavy (non-hydrogen) atoms. The number of rotatable bonds is 9. The van der Waals surface area contributed by atoms with E-state index in [0.29, 0.717) is 19.3 Å². The molecule has 0 aromatic heterocycles. The number of hydrogen-bond donors (Lipinski definition) is 2. The van der Waals surface area contributed by atoms with E-state index in [1.807, 2.05) is 45.0 Å². The Morgan fingerprint density at radius 3 is 2.22 bits per heavy atom. The number of nitrogens with one attached hydrogen (secondary N) is 1. The van der Waals surface area contributed by atoms with E-state index in [2.05, 4.69) is 5.32 Å². The van der Waals surface area contributed by atoms with Gasteiger partial charge < -0.3 is 15.2 Å². The van der Waals surface area contributed by atoms with Crippen molar-refractivity contribution in [2.45, 2.75) is 46.0 Å². The van der Waals surface area contributed by atoms with Crippen molar-refractivity contribution in [3.8, 4) is 5.75 Å². The van der Waals surface area contributed by atoms with Crippen LogP contribution < -0.4 is 10.1 Å². The molecule has 5 nitrogen and oxygen atoms in total. The van der Waals surface area contributed by atoms with Crippen LogP contribution in [0.4, 0.5) is 0 Å². The summed E-state index contributed by atoms with van der Waals surface area (Å²) in [6.45, 7) is 5.82. The zero-order valence-corrected chi connectivity index (χ0v) is 14.4. The van der Waals surface area contributed by atoms with Gasteiger partial charge in [-0.3, -0.25) is 9.59 Å². The van der Waals surface area contributed by atoms with Crippen molar-refractivity contribution in [2.75, 3.05) is 13.7 Å². The summed E-state index contributed by atoms with van der Waals surface area (Å²) >= 11 is 0. The van der Waals surface area contributed by atoms with Gasteiger partial charge >= 0.3 is 5.97 Å². The summed E-state index contributed by atoms with van der Waals surface area (Å²) in [4.78, 5) is 23.6. The van der Waals surface area contributed by atoms with Crippen molar-refractivity contribution in [1.29, 1.82) is 0 Å². The molecular weight excluding hydrogens is 294 g/mol. The van der Waals surface area contributed by atoms with Crippen LogP contribution in [0, 0.1) is 5.41 Å². The third-order valence-electron chi connectivity index (χ3n) is 4.61. The van der Waals surface area contributed by atoms with Gasteiger partial charge in [0.2, 0.25) is 5.91 Å². The van der Waals surface area contributed by atoms with Crippen molar-refractivity contribution in [3.63, 3.8) is 0 Å². The lowest BCUT2D eigenvalue weighted by molar-refractivity contribution is -0.149. The van der Waals surface area contributed by atoms with Crippen LogP contribution in [0.15, 0.2) is 24.3 Å². The third kappa shape index (κ3) is 4.98. The number of carbonyl (C=O) groups excluding carboxylic acids is 1. The summed E-state index contributed by atoms with van der Waals surface area (Å²) in [5, 5.41) is 12.2. The Kier molecular flexibility index (Phi) is 7.07. The lowest BCUT2D eigenvalue weighted by Gasteiger charge is -2.27. The van der Waals surface area contributed by atoms with Gasteiger partial charge in [0.15, 0.2) is 0 Å². The molecule has 5 heteroatoms. The highest BCUT2D eigenvalue weighted by molar-refractivity contribution is 5.79. The Hall–Kier alpha value is -2.04. The number of carboxylic acid groups (broad SMARTS) is 1. The highest BCUT2D eigenvalue weighted by atomic mass is 16.5. The van der Waals surface area contributed by atoms with Gasteiger partial charge in [0, 0.05) is 13.0 Å². The average molecular weight is 321 g/mol. The average Bonchev–Trinajstić information content (AvgIpc) is 2.56. The number of aliphatic carboxylic acids is 1. The molecule has 1 aromatic carbocycles. The van der Waals surface area contributed by atoms with Crippen molar-refractivity contribution in [3.05, 3.63) is 29.8 Å². The zero-order chi connectivity index (χ0) is 17.5. The van der Waals surface area contributed by atoms with Crippen molar-refractivity contribution >= 4 is 11.9 Å². The van der Waals surface area contributed by atoms with Gasteiger partial charge in [-0.2, -0.15) is 0 Å². The van der Waals surface area contributed by atoms with Gasteiger partial charge in [-0.25, -0.2) is 0 Å². The van der Waals surface area contributed by atoms with Gasteiger partial charge in [-0.15, -0.1) is 0 Å². The molecule has 2 N–H and O–H groups in total. The van der Waals surface area contributed by atoms with E-state index in [4.69, 9.17) is 4.74 Å². The minimum Gasteiger partial charge on any atom is -0.497 e. The van der Waals surface area contributed by atoms with E-state index in [0.717, 1.165) is 11.3 Å². The lowest BCUT2D eigenvalue weighted by Crippen LogP contribution is -2.42. The molecule has 0 aliphatic carbocycles. The van der Waals surface area contributed by atoms with Crippen LogP contribution in [0.2, 0.25) is 0 Å². The number of benzene rings is 1. The van der Waals surface area contributed by atoms with Gasteiger partial charge in [-0.05, 0) is 36.5 Å². The molecule has 128 valence electrons. The van der Waals surface area contributed by atoms with Crippen LogP contribution in [0.1, 0.15) is 51.5 Å². The molecule has 1 aromatic rings. The van der Waals surface area contributed by atoms with Crippen molar-refractivity contribution in [2.24, 2.45) is 5.41 Å². The first-order chi connectivity index (χ1) is 10.9. The first-order valence-electron chi connectivity index (χ1n) is 8.02. The Morgan fingerprint density at radius 1 is 1.22 bits per heavy atom. The van der Waals surface area contributed by atoms with Crippen LogP contribution in [0.3, 0.4) is 0 Å².